The highest BCUT2D eigenvalue weighted by Crippen LogP contribution is 2.27. The number of nitrogens with zero attached hydrogens (tertiary/aromatic N) is 1. The maximum absolute atomic E-state index is 5.23. The number of anilines is 1. The highest BCUT2D eigenvalue weighted by molar-refractivity contribution is 5.95. The predicted octanol–water partition coefficient (Wildman–Crippen LogP) is 3.99. The third-order valence-electron chi connectivity index (χ3n) is 2.76. The van der Waals surface area contributed by atoms with Crippen LogP contribution in [0.3, 0.4) is 0 Å². The van der Waals surface area contributed by atoms with Crippen molar-refractivity contribution >= 4 is 23.2 Å². The third-order valence-corrected chi connectivity index (χ3v) is 2.76. The molecule has 2 aromatic rings. The van der Waals surface area contributed by atoms with Gasteiger partial charge in [0.05, 0.1) is 7.11 Å². The summed E-state index contributed by atoms with van der Waals surface area (Å²) >= 11 is 0. The normalized spacial score (nSPS) is 10.6. The van der Waals surface area contributed by atoms with Gasteiger partial charge in [0.2, 0.25) is 0 Å². The fourth-order valence-corrected chi connectivity index (χ4v) is 1.86. The van der Waals surface area contributed by atoms with Crippen LogP contribution in [0.15, 0.2) is 65.9 Å². The van der Waals surface area contributed by atoms with Gasteiger partial charge in [0.15, 0.2) is 0 Å². The Labute approximate surface area is 112 Å². The standard InChI is InChI=1S/C16H16N2O/c1-12(9-10-17-2)18-16-6-4-5-13-11-14(19-3)7-8-15(13)16/h4-11,18H,1-2H2,3H3/b10-9-. The van der Waals surface area contributed by atoms with Gasteiger partial charge in [0, 0.05) is 23.0 Å². The van der Waals surface area contributed by atoms with Crippen LogP contribution < -0.4 is 10.1 Å². The molecule has 3 nitrogen and oxygen atoms in total. The van der Waals surface area contributed by atoms with E-state index in [4.69, 9.17) is 4.74 Å². The minimum Gasteiger partial charge on any atom is -0.497 e. The zero-order valence-electron chi connectivity index (χ0n) is 10.9. The molecule has 0 heterocycles. The minimum atomic E-state index is 0.760. The van der Waals surface area contributed by atoms with Crippen molar-refractivity contribution in [2.24, 2.45) is 4.99 Å². The molecule has 0 aromatic heterocycles. The fourth-order valence-electron chi connectivity index (χ4n) is 1.86. The smallest absolute Gasteiger partial charge is 0.119 e. The van der Waals surface area contributed by atoms with Crippen molar-refractivity contribution < 1.29 is 4.74 Å². The SMILES string of the molecule is C=N/C=C\C(=C)Nc1cccc2cc(OC)ccc12. The Bertz CT molecular complexity index is 644. The second kappa shape index (κ2) is 5.87. The van der Waals surface area contributed by atoms with Crippen LogP contribution in [0.5, 0.6) is 5.75 Å². The first kappa shape index (κ1) is 12.9. The van der Waals surface area contributed by atoms with Gasteiger partial charge in [-0.15, -0.1) is 0 Å². The summed E-state index contributed by atoms with van der Waals surface area (Å²) in [6.07, 6.45) is 3.37. The number of methoxy groups -OCH3 is 1. The molecule has 96 valence electrons. The van der Waals surface area contributed by atoms with Crippen LogP contribution >= 0.6 is 0 Å². The monoisotopic (exact) mass is 252 g/mol. The summed E-state index contributed by atoms with van der Waals surface area (Å²) in [7, 11) is 1.66. The van der Waals surface area contributed by atoms with Crippen LogP contribution in [0.4, 0.5) is 5.69 Å². The molecule has 1 N–H and O–H groups in total. The summed E-state index contributed by atoms with van der Waals surface area (Å²) < 4.78 is 5.23. The number of benzene rings is 2. The lowest BCUT2D eigenvalue weighted by Gasteiger charge is -2.10. The second-order valence-corrected chi connectivity index (χ2v) is 4.04. The van der Waals surface area contributed by atoms with E-state index in [1.165, 1.54) is 0 Å². The molecule has 0 saturated heterocycles. The van der Waals surface area contributed by atoms with E-state index < -0.39 is 0 Å². The Hall–Kier alpha value is -2.55. The summed E-state index contributed by atoms with van der Waals surface area (Å²) in [6.45, 7) is 7.31. The Morgan fingerprint density at radius 2 is 2.16 bits per heavy atom. The molecule has 0 fully saturated rings. The van der Waals surface area contributed by atoms with Crippen LogP contribution in [0.1, 0.15) is 0 Å². The molecule has 0 bridgehead atoms. The Kier molecular flexibility index (Phi) is 3.98. The van der Waals surface area contributed by atoms with Crippen molar-refractivity contribution in [1.82, 2.24) is 0 Å². The maximum atomic E-state index is 5.23. The van der Waals surface area contributed by atoms with E-state index in [2.05, 4.69) is 23.6 Å². The average Bonchev–Trinajstić information content (AvgIpc) is 2.44. The molecule has 0 saturated carbocycles. The lowest BCUT2D eigenvalue weighted by molar-refractivity contribution is 0.415. The van der Waals surface area contributed by atoms with Gasteiger partial charge in [-0.2, -0.15) is 0 Å². The van der Waals surface area contributed by atoms with E-state index in [0.29, 0.717) is 0 Å². The lowest BCUT2D eigenvalue weighted by Crippen LogP contribution is -1.95. The fraction of sp³-hybridized carbons (Fsp3) is 0.0625. The molecular weight excluding hydrogens is 236 g/mol. The molecule has 0 aliphatic heterocycles. The van der Waals surface area contributed by atoms with Crippen molar-refractivity contribution in [3.8, 4) is 5.75 Å². The highest BCUT2D eigenvalue weighted by atomic mass is 16.5. The van der Waals surface area contributed by atoms with E-state index in [0.717, 1.165) is 27.9 Å². The molecule has 0 amide bonds. The quantitative estimate of drug-likeness (QED) is 0.645. The summed E-state index contributed by atoms with van der Waals surface area (Å²) in [5.41, 5.74) is 1.76. The van der Waals surface area contributed by atoms with Crippen LogP contribution in [0.25, 0.3) is 10.8 Å². The third kappa shape index (κ3) is 3.01. The van der Waals surface area contributed by atoms with Crippen molar-refractivity contribution in [1.29, 1.82) is 0 Å². The van der Waals surface area contributed by atoms with Crippen LogP contribution in [0.2, 0.25) is 0 Å². The molecule has 0 radical (unpaired) electrons. The van der Waals surface area contributed by atoms with E-state index in [1.54, 1.807) is 19.4 Å². The van der Waals surface area contributed by atoms with Crippen LogP contribution in [-0.2, 0) is 0 Å². The Morgan fingerprint density at radius 1 is 1.32 bits per heavy atom. The van der Waals surface area contributed by atoms with Crippen molar-refractivity contribution in [3.05, 3.63) is 61.0 Å². The first-order chi connectivity index (χ1) is 9.24. The van der Waals surface area contributed by atoms with Gasteiger partial charge in [-0.05, 0) is 42.4 Å². The van der Waals surface area contributed by atoms with Gasteiger partial charge in [0.1, 0.15) is 5.75 Å². The number of aliphatic imine (C=N–C) groups is 1. The summed E-state index contributed by atoms with van der Waals surface area (Å²) in [5.74, 6) is 0.847. The van der Waals surface area contributed by atoms with Gasteiger partial charge in [0.25, 0.3) is 0 Å². The van der Waals surface area contributed by atoms with E-state index in [-0.39, 0.29) is 0 Å². The van der Waals surface area contributed by atoms with Crippen molar-refractivity contribution in [2.75, 3.05) is 12.4 Å². The summed E-state index contributed by atoms with van der Waals surface area (Å²) in [4.78, 5) is 3.65. The molecule has 0 aliphatic carbocycles. The molecule has 0 aliphatic rings. The lowest BCUT2D eigenvalue weighted by atomic mass is 10.1. The van der Waals surface area contributed by atoms with Crippen LogP contribution in [-0.4, -0.2) is 13.8 Å². The van der Waals surface area contributed by atoms with Gasteiger partial charge in [-0.25, -0.2) is 0 Å². The molecule has 0 unspecified atom stereocenters. The van der Waals surface area contributed by atoms with E-state index in [1.807, 2.05) is 36.4 Å². The maximum Gasteiger partial charge on any atom is 0.119 e. The zero-order valence-corrected chi connectivity index (χ0v) is 10.9. The second-order valence-electron chi connectivity index (χ2n) is 4.04. The van der Waals surface area contributed by atoms with Gasteiger partial charge in [-0.1, -0.05) is 18.7 Å². The Morgan fingerprint density at radius 3 is 2.89 bits per heavy atom. The van der Waals surface area contributed by atoms with Gasteiger partial charge < -0.3 is 10.1 Å². The minimum absolute atomic E-state index is 0.760. The van der Waals surface area contributed by atoms with Crippen LogP contribution in [0, 0.1) is 0 Å². The van der Waals surface area contributed by atoms with E-state index >= 15 is 0 Å². The molecule has 19 heavy (non-hydrogen) atoms. The summed E-state index contributed by atoms with van der Waals surface area (Å²) in [5, 5.41) is 5.48. The zero-order chi connectivity index (χ0) is 13.7. The average molecular weight is 252 g/mol. The largest absolute Gasteiger partial charge is 0.497 e. The molecule has 2 aromatic carbocycles. The molecule has 0 spiro atoms. The highest BCUT2D eigenvalue weighted by Gasteiger charge is 2.02. The predicted molar refractivity (Wildman–Crippen MR) is 82.0 cm³/mol. The van der Waals surface area contributed by atoms with E-state index in [9.17, 15) is 0 Å². The van der Waals surface area contributed by atoms with Gasteiger partial charge >= 0.3 is 0 Å². The Balaban J connectivity index is 2.36. The number of fused-ring (bicyclic) bond motifs is 1. The first-order valence-corrected chi connectivity index (χ1v) is 5.89. The molecule has 3 heteroatoms. The van der Waals surface area contributed by atoms with Crippen molar-refractivity contribution in [2.45, 2.75) is 0 Å². The topological polar surface area (TPSA) is 33.6 Å². The number of allylic oxidation sites excluding steroid dienone is 1. The number of rotatable bonds is 5. The number of nitrogens with one attached hydrogen (secondary N) is 1. The number of ether oxygens (including phenoxy) is 1. The summed E-state index contributed by atoms with van der Waals surface area (Å²) in [6, 6.07) is 12.0. The number of hydrogen-bond acceptors (Lipinski definition) is 3. The molecule has 2 rings (SSSR count). The van der Waals surface area contributed by atoms with Gasteiger partial charge in [-0.3, -0.25) is 4.99 Å². The van der Waals surface area contributed by atoms with Crippen molar-refractivity contribution in [3.63, 3.8) is 0 Å². The number of hydrogen-bond donors (Lipinski definition) is 1. The molecule has 0 atom stereocenters. The first-order valence-electron chi connectivity index (χ1n) is 5.89. The molecular formula is C16H16N2O.